The summed E-state index contributed by atoms with van der Waals surface area (Å²) in [6.07, 6.45) is 2.14. The van der Waals surface area contributed by atoms with Gasteiger partial charge in [0, 0.05) is 24.4 Å². The maximum absolute atomic E-state index is 15.2. The topological polar surface area (TPSA) is 101 Å². The predicted octanol–water partition coefficient (Wildman–Crippen LogP) is 5.92. The Balaban J connectivity index is 1.33. The normalized spacial score (nSPS) is 29.1. The summed E-state index contributed by atoms with van der Waals surface area (Å²) in [6.45, 7) is 4.37. The van der Waals surface area contributed by atoms with Gasteiger partial charge in [0.05, 0.1) is 38.8 Å². The molecule has 8 rings (SSSR count). The van der Waals surface area contributed by atoms with Crippen molar-refractivity contribution in [2.24, 2.45) is 11.7 Å². The number of nitrogens with two attached hydrogens (primary N) is 1. The second kappa shape index (κ2) is 12.1. The lowest BCUT2D eigenvalue weighted by Gasteiger charge is -2.31. The highest BCUT2D eigenvalue weighted by Crippen LogP contribution is 2.51. The summed E-state index contributed by atoms with van der Waals surface area (Å²) in [5.41, 5.74) is 9.55. The quantitative estimate of drug-likeness (QED) is 0.292. The molecule has 0 radical (unpaired) electrons. The zero-order valence-electron chi connectivity index (χ0n) is 27.2. The van der Waals surface area contributed by atoms with E-state index in [1.54, 1.807) is 6.08 Å². The third-order valence-corrected chi connectivity index (χ3v) is 11.8. The van der Waals surface area contributed by atoms with E-state index in [2.05, 4.69) is 22.8 Å². The van der Waals surface area contributed by atoms with Gasteiger partial charge in [-0.1, -0.05) is 29.7 Å². The summed E-state index contributed by atoms with van der Waals surface area (Å²) in [4.78, 5) is 13.3. The fourth-order valence-electron chi connectivity index (χ4n) is 8.19. The van der Waals surface area contributed by atoms with Gasteiger partial charge in [-0.25, -0.2) is 17.6 Å². The SMILES string of the molecule is Cc1c(C2=C3C(C#N)=C(N)SC3C(F)C=C2)c(C)c2nc(OC[C@@]34CCCN3C[C@H](F)C4)nc3c2c1OCC(C#CC1CC1)N3CC(F)F. The minimum atomic E-state index is -2.69. The minimum Gasteiger partial charge on any atom is -0.489 e. The number of rotatable bonds is 6. The third-order valence-electron chi connectivity index (χ3n) is 10.6. The third kappa shape index (κ3) is 5.41. The highest BCUT2D eigenvalue weighted by Gasteiger charge is 2.49. The number of nitrogens with zero attached hydrogens (tertiary/aromatic N) is 5. The van der Waals surface area contributed by atoms with E-state index in [1.807, 2.05) is 13.8 Å². The number of aryl methyl sites for hydroxylation is 1. The van der Waals surface area contributed by atoms with Crippen LogP contribution in [0.3, 0.4) is 0 Å². The predicted molar refractivity (Wildman–Crippen MR) is 180 cm³/mol. The number of allylic oxidation sites excluding steroid dienone is 4. The van der Waals surface area contributed by atoms with Gasteiger partial charge in [-0.05, 0) is 74.4 Å². The first kappa shape index (κ1) is 32.3. The molecule has 1 aromatic carbocycles. The Morgan fingerprint density at radius 3 is 2.78 bits per heavy atom. The van der Waals surface area contributed by atoms with Crippen LogP contribution in [0.1, 0.15) is 48.8 Å². The number of fused-ring (bicyclic) bond motifs is 2. The molecule has 1 saturated carbocycles. The van der Waals surface area contributed by atoms with Crippen molar-refractivity contribution in [3.05, 3.63) is 45.0 Å². The molecule has 1 aromatic heterocycles. The zero-order valence-corrected chi connectivity index (χ0v) is 28.1. The van der Waals surface area contributed by atoms with E-state index >= 15 is 4.39 Å². The van der Waals surface area contributed by atoms with Crippen LogP contribution in [-0.4, -0.2) is 83.3 Å². The Kier molecular flexibility index (Phi) is 7.99. The zero-order chi connectivity index (χ0) is 34.2. The molecule has 0 bridgehead atoms. The van der Waals surface area contributed by atoms with Gasteiger partial charge in [0.1, 0.15) is 49.2 Å². The van der Waals surface area contributed by atoms with E-state index < -0.39 is 42.1 Å². The maximum atomic E-state index is 15.2. The van der Waals surface area contributed by atoms with Crippen molar-refractivity contribution in [3.63, 3.8) is 0 Å². The molecule has 3 unspecified atom stereocenters. The fourth-order valence-corrected chi connectivity index (χ4v) is 9.32. The van der Waals surface area contributed by atoms with Crippen LogP contribution in [0.15, 0.2) is 28.3 Å². The van der Waals surface area contributed by atoms with Gasteiger partial charge in [0.25, 0.3) is 6.43 Å². The second-order valence-corrected chi connectivity index (χ2v) is 15.0. The first-order valence-corrected chi connectivity index (χ1v) is 17.7. The molecule has 5 atom stereocenters. The summed E-state index contributed by atoms with van der Waals surface area (Å²) in [7, 11) is 0. The largest absolute Gasteiger partial charge is 0.489 e. The van der Waals surface area contributed by atoms with E-state index in [4.69, 9.17) is 25.2 Å². The van der Waals surface area contributed by atoms with Crippen LogP contribution in [-0.2, 0) is 0 Å². The molecule has 256 valence electrons. The van der Waals surface area contributed by atoms with Gasteiger partial charge in [-0.2, -0.15) is 15.2 Å². The van der Waals surface area contributed by atoms with Gasteiger partial charge < -0.3 is 20.1 Å². The standard InChI is InChI=1S/C36H36F4N6O2S/c1-18-27(23-8-9-25(38)32-28(23)24(13-41)33(42)49-32)19(2)31-29-30(18)43-35(48-17-36-10-3-11-45(36)14-21(37)12-36)44-34(29)46(15-26(39)40)22(16-47-31)7-6-20-4-5-20/h8-9,20-22,25-26,32H,3-5,10-12,14-17,42H2,1-2H3/t21-,22?,25?,32?,36+/m1/s1. The molecule has 2 aromatic rings. The summed E-state index contributed by atoms with van der Waals surface area (Å²) in [6, 6.07) is 1.43. The first-order chi connectivity index (χ1) is 23.6. The Morgan fingerprint density at radius 2 is 2.02 bits per heavy atom. The lowest BCUT2D eigenvalue weighted by atomic mass is 9.83. The van der Waals surface area contributed by atoms with E-state index in [0.29, 0.717) is 57.5 Å². The number of anilines is 1. The van der Waals surface area contributed by atoms with Crippen LogP contribution in [0.2, 0.25) is 0 Å². The average molecular weight is 693 g/mol. The number of hydrogen-bond donors (Lipinski definition) is 1. The number of alkyl halides is 4. The van der Waals surface area contributed by atoms with E-state index in [1.165, 1.54) is 11.0 Å². The number of benzene rings is 1. The van der Waals surface area contributed by atoms with Gasteiger partial charge in [-0.15, -0.1) is 0 Å². The van der Waals surface area contributed by atoms with Crippen LogP contribution in [0.5, 0.6) is 11.8 Å². The van der Waals surface area contributed by atoms with Crippen LogP contribution >= 0.6 is 11.8 Å². The van der Waals surface area contributed by atoms with Crippen molar-refractivity contribution in [1.29, 1.82) is 5.26 Å². The number of aromatic nitrogens is 2. The van der Waals surface area contributed by atoms with Crippen molar-refractivity contribution < 1.29 is 27.0 Å². The first-order valence-electron chi connectivity index (χ1n) is 16.8. The molecular weight excluding hydrogens is 656 g/mol. The summed E-state index contributed by atoms with van der Waals surface area (Å²) in [5.74, 6) is 7.29. The van der Waals surface area contributed by atoms with Gasteiger partial charge in [0.2, 0.25) is 0 Å². The van der Waals surface area contributed by atoms with E-state index in [-0.39, 0.29) is 41.6 Å². The van der Waals surface area contributed by atoms with Crippen LogP contribution in [0.4, 0.5) is 23.4 Å². The number of thioether (sulfide) groups is 1. The molecule has 8 nitrogen and oxygen atoms in total. The summed E-state index contributed by atoms with van der Waals surface area (Å²) < 4.78 is 71.3. The van der Waals surface area contributed by atoms with Crippen LogP contribution in [0, 0.1) is 42.9 Å². The van der Waals surface area contributed by atoms with Crippen molar-refractivity contribution >= 4 is 34.1 Å². The van der Waals surface area contributed by atoms with Gasteiger partial charge in [0.15, 0.2) is 0 Å². The Labute approximate surface area is 286 Å². The molecule has 49 heavy (non-hydrogen) atoms. The number of nitriles is 1. The number of halogens is 4. The molecule has 2 saturated heterocycles. The minimum absolute atomic E-state index is 0.00351. The molecule has 2 aliphatic carbocycles. The Bertz CT molecular complexity index is 1940. The lowest BCUT2D eigenvalue weighted by Crippen LogP contribution is -2.43. The van der Waals surface area contributed by atoms with Gasteiger partial charge >= 0.3 is 6.01 Å². The highest BCUT2D eigenvalue weighted by atomic mass is 32.2. The van der Waals surface area contributed by atoms with Crippen molar-refractivity contribution in [2.45, 2.75) is 81.6 Å². The number of ether oxygens (including phenoxy) is 2. The molecule has 0 amide bonds. The Hall–Kier alpha value is -3.94. The molecule has 0 spiro atoms. The lowest BCUT2D eigenvalue weighted by molar-refractivity contribution is 0.107. The van der Waals surface area contributed by atoms with Crippen molar-refractivity contribution in [2.75, 3.05) is 37.7 Å². The van der Waals surface area contributed by atoms with Gasteiger partial charge in [-0.3, -0.25) is 4.90 Å². The monoisotopic (exact) mass is 692 g/mol. The Morgan fingerprint density at radius 1 is 1.20 bits per heavy atom. The molecule has 2 N–H and O–H groups in total. The highest BCUT2D eigenvalue weighted by molar-refractivity contribution is 8.04. The molecular formula is C36H36F4N6O2S. The molecule has 3 fully saturated rings. The fraction of sp³-hybridized carbons (Fsp3) is 0.528. The summed E-state index contributed by atoms with van der Waals surface area (Å²) >= 11 is 1.13. The number of hydrogen-bond acceptors (Lipinski definition) is 9. The molecule has 4 aliphatic heterocycles. The molecule has 13 heteroatoms. The maximum Gasteiger partial charge on any atom is 0.319 e. The molecule has 6 aliphatic rings. The molecule has 5 heterocycles. The van der Waals surface area contributed by atoms with Crippen molar-refractivity contribution in [3.8, 4) is 29.7 Å². The van der Waals surface area contributed by atoms with Crippen LogP contribution < -0.4 is 20.1 Å². The van der Waals surface area contributed by atoms with Crippen molar-refractivity contribution in [1.82, 2.24) is 14.9 Å². The van der Waals surface area contributed by atoms with Crippen LogP contribution in [0.25, 0.3) is 16.5 Å². The summed E-state index contributed by atoms with van der Waals surface area (Å²) in [5, 5.41) is 10.1. The average Bonchev–Trinajstić information content (AvgIpc) is 3.65. The van der Waals surface area contributed by atoms with E-state index in [0.717, 1.165) is 44.0 Å². The smallest absolute Gasteiger partial charge is 0.319 e. The second-order valence-electron chi connectivity index (χ2n) is 13.8. The van der Waals surface area contributed by atoms with E-state index in [9.17, 15) is 18.4 Å².